The van der Waals surface area contributed by atoms with Gasteiger partial charge < -0.3 is 15.1 Å². The van der Waals surface area contributed by atoms with Crippen LogP contribution in [0.15, 0.2) is 39.5 Å². The van der Waals surface area contributed by atoms with Crippen molar-refractivity contribution in [3.8, 4) is 0 Å². The van der Waals surface area contributed by atoms with E-state index < -0.39 is 5.63 Å². The topological polar surface area (TPSA) is 71.3 Å². The molecule has 5 heteroatoms. The summed E-state index contributed by atoms with van der Waals surface area (Å²) < 4.78 is 5.18. The minimum absolute atomic E-state index is 0.0848. The third kappa shape index (κ3) is 1.74. The lowest BCUT2D eigenvalue weighted by Gasteiger charge is -2.07. The Morgan fingerprint density at radius 2 is 2.00 bits per heavy atom. The van der Waals surface area contributed by atoms with Crippen LogP contribution in [0.25, 0.3) is 11.0 Å². The summed E-state index contributed by atoms with van der Waals surface area (Å²) in [6.45, 7) is 1.89. The van der Waals surface area contributed by atoms with E-state index in [1.807, 2.05) is 12.1 Å². The molecule has 2 aromatic rings. The van der Waals surface area contributed by atoms with Crippen molar-refractivity contribution in [2.75, 3.05) is 13.1 Å². The van der Waals surface area contributed by atoms with Crippen molar-refractivity contribution in [1.82, 2.24) is 10.6 Å². The number of fused-ring (bicyclic) bond motifs is 2. The van der Waals surface area contributed by atoms with Gasteiger partial charge in [0.25, 0.3) is 5.91 Å². The predicted octanol–water partition coefficient (Wildman–Crippen LogP) is 0.741. The molecule has 102 valence electrons. The number of hydrogen-bond donors (Lipinski definition) is 2. The number of piperidine rings is 1. The molecule has 5 nitrogen and oxygen atoms in total. The molecule has 1 aromatic carbocycles. The maximum atomic E-state index is 12.2. The number of amides is 1. The van der Waals surface area contributed by atoms with Gasteiger partial charge in [0.1, 0.15) is 11.1 Å². The highest BCUT2D eigenvalue weighted by Gasteiger charge is 2.53. The van der Waals surface area contributed by atoms with Gasteiger partial charge in [0.05, 0.1) is 0 Å². The monoisotopic (exact) mass is 270 g/mol. The SMILES string of the molecule is O=C(NC1C2CNCC21)c1cc2ccccc2oc1=O. The highest BCUT2D eigenvalue weighted by atomic mass is 16.4. The fourth-order valence-corrected chi connectivity index (χ4v) is 3.08. The van der Waals surface area contributed by atoms with Gasteiger partial charge in [-0.05, 0) is 24.0 Å². The van der Waals surface area contributed by atoms with Gasteiger partial charge in [0, 0.05) is 24.5 Å². The molecule has 1 saturated heterocycles. The molecule has 2 heterocycles. The molecule has 0 radical (unpaired) electrons. The van der Waals surface area contributed by atoms with E-state index in [9.17, 15) is 9.59 Å². The smallest absolute Gasteiger partial charge is 0.349 e. The van der Waals surface area contributed by atoms with E-state index in [1.165, 1.54) is 0 Å². The molecule has 4 rings (SSSR count). The molecule has 1 aromatic heterocycles. The molecule has 20 heavy (non-hydrogen) atoms. The maximum absolute atomic E-state index is 12.2. The second-order valence-corrected chi connectivity index (χ2v) is 5.47. The molecule has 2 atom stereocenters. The van der Waals surface area contributed by atoms with Crippen molar-refractivity contribution in [2.45, 2.75) is 6.04 Å². The average molecular weight is 270 g/mol. The number of rotatable bonds is 2. The second-order valence-electron chi connectivity index (χ2n) is 5.47. The first-order valence-corrected chi connectivity index (χ1v) is 6.78. The number of carbonyl (C=O) groups excluding carboxylic acids is 1. The van der Waals surface area contributed by atoms with Crippen molar-refractivity contribution < 1.29 is 9.21 Å². The van der Waals surface area contributed by atoms with Gasteiger partial charge in [-0.3, -0.25) is 4.79 Å². The van der Waals surface area contributed by atoms with Gasteiger partial charge in [-0.15, -0.1) is 0 Å². The molecule has 0 bridgehead atoms. The molecule has 1 amide bonds. The Balaban J connectivity index is 1.62. The Morgan fingerprint density at radius 3 is 2.80 bits per heavy atom. The summed E-state index contributed by atoms with van der Waals surface area (Å²) in [4.78, 5) is 24.1. The molecular formula is C15H14N2O3. The van der Waals surface area contributed by atoms with E-state index in [2.05, 4.69) is 10.6 Å². The van der Waals surface area contributed by atoms with Crippen LogP contribution in [-0.4, -0.2) is 25.0 Å². The zero-order valence-electron chi connectivity index (χ0n) is 10.8. The maximum Gasteiger partial charge on any atom is 0.349 e. The van der Waals surface area contributed by atoms with Crippen molar-refractivity contribution in [3.63, 3.8) is 0 Å². The summed E-state index contributed by atoms with van der Waals surface area (Å²) in [6.07, 6.45) is 0. The van der Waals surface area contributed by atoms with Gasteiger partial charge in [-0.25, -0.2) is 4.79 Å². The van der Waals surface area contributed by atoms with Crippen molar-refractivity contribution in [2.24, 2.45) is 11.8 Å². The Kier molecular flexibility index (Phi) is 2.44. The Labute approximate surface area is 115 Å². The van der Waals surface area contributed by atoms with Gasteiger partial charge in [0.15, 0.2) is 0 Å². The highest BCUT2D eigenvalue weighted by Crippen LogP contribution is 2.41. The Morgan fingerprint density at radius 1 is 1.25 bits per heavy atom. The number of carbonyl (C=O) groups is 1. The van der Waals surface area contributed by atoms with Crippen LogP contribution in [0.5, 0.6) is 0 Å². The summed E-state index contributed by atoms with van der Waals surface area (Å²) >= 11 is 0. The zero-order valence-corrected chi connectivity index (χ0v) is 10.8. The Hall–Kier alpha value is -2.14. The molecule has 2 fully saturated rings. The fraction of sp³-hybridized carbons (Fsp3) is 0.333. The highest BCUT2D eigenvalue weighted by molar-refractivity contribution is 5.97. The van der Waals surface area contributed by atoms with E-state index in [-0.39, 0.29) is 17.5 Å². The van der Waals surface area contributed by atoms with E-state index in [0.717, 1.165) is 18.5 Å². The number of nitrogens with one attached hydrogen (secondary N) is 2. The first-order valence-electron chi connectivity index (χ1n) is 6.78. The summed E-state index contributed by atoms with van der Waals surface area (Å²) in [5, 5.41) is 6.97. The third-order valence-corrected chi connectivity index (χ3v) is 4.28. The average Bonchev–Trinajstić information content (AvgIpc) is 2.87. The quantitative estimate of drug-likeness (QED) is 0.790. The van der Waals surface area contributed by atoms with Crippen LogP contribution >= 0.6 is 0 Å². The number of hydrogen-bond acceptors (Lipinski definition) is 4. The lowest BCUT2D eigenvalue weighted by Crippen LogP contribution is -2.34. The third-order valence-electron chi connectivity index (χ3n) is 4.28. The molecule has 2 aliphatic rings. The van der Waals surface area contributed by atoms with E-state index >= 15 is 0 Å². The van der Waals surface area contributed by atoms with E-state index in [1.54, 1.807) is 18.2 Å². The Bertz CT molecular complexity index is 742. The van der Waals surface area contributed by atoms with Crippen LogP contribution in [0.1, 0.15) is 10.4 Å². The van der Waals surface area contributed by atoms with Crippen LogP contribution in [0.4, 0.5) is 0 Å². The molecule has 2 N–H and O–H groups in total. The van der Waals surface area contributed by atoms with Crippen LogP contribution in [-0.2, 0) is 0 Å². The summed E-state index contributed by atoms with van der Waals surface area (Å²) in [7, 11) is 0. The molecule has 1 aliphatic carbocycles. The summed E-state index contributed by atoms with van der Waals surface area (Å²) in [6, 6.07) is 8.99. The summed E-state index contributed by atoms with van der Waals surface area (Å²) in [5.41, 5.74) is 0.00769. The number of para-hydroxylation sites is 1. The largest absolute Gasteiger partial charge is 0.422 e. The molecule has 1 aliphatic heterocycles. The predicted molar refractivity (Wildman–Crippen MR) is 73.6 cm³/mol. The lowest BCUT2D eigenvalue weighted by atomic mass is 10.2. The lowest BCUT2D eigenvalue weighted by molar-refractivity contribution is 0.0943. The minimum Gasteiger partial charge on any atom is -0.422 e. The molecule has 0 spiro atoms. The summed E-state index contributed by atoms with van der Waals surface area (Å²) in [5.74, 6) is 0.710. The van der Waals surface area contributed by atoms with Crippen LogP contribution < -0.4 is 16.3 Å². The fourth-order valence-electron chi connectivity index (χ4n) is 3.08. The number of benzene rings is 1. The minimum atomic E-state index is -0.579. The van der Waals surface area contributed by atoms with Gasteiger partial charge in [-0.1, -0.05) is 18.2 Å². The first kappa shape index (κ1) is 11.7. The van der Waals surface area contributed by atoms with Gasteiger partial charge in [0.2, 0.25) is 0 Å². The standard InChI is InChI=1S/C15H14N2O3/c18-14(17-13-10-6-16-7-11(10)13)9-5-8-3-1-2-4-12(8)20-15(9)19/h1-5,10-11,13,16H,6-7H2,(H,17,18). The van der Waals surface area contributed by atoms with E-state index in [4.69, 9.17) is 4.42 Å². The molecule has 2 unspecified atom stereocenters. The first-order chi connectivity index (χ1) is 9.74. The van der Waals surface area contributed by atoms with Crippen molar-refractivity contribution in [1.29, 1.82) is 0 Å². The van der Waals surface area contributed by atoms with Crippen molar-refractivity contribution in [3.05, 3.63) is 46.3 Å². The van der Waals surface area contributed by atoms with Crippen LogP contribution in [0.2, 0.25) is 0 Å². The van der Waals surface area contributed by atoms with Gasteiger partial charge >= 0.3 is 5.63 Å². The second kappa shape index (κ2) is 4.18. The molecule has 1 saturated carbocycles. The zero-order chi connectivity index (χ0) is 13.7. The van der Waals surface area contributed by atoms with Crippen LogP contribution in [0.3, 0.4) is 0 Å². The van der Waals surface area contributed by atoms with Crippen molar-refractivity contribution >= 4 is 16.9 Å². The van der Waals surface area contributed by atoms with E-state index in [0.29, 0.717) is 17.4 Å². The normalized spacial score (nSPS) is 27.3. The van der Waals surface area contributed by atoms with Gasteiger partial charge in [-0.2, -0.15) is 0 Å². The molecular weight excluding hydrogens is 256 g/mol. The van der Waals surface area contributed by atoms with Crippen LogP contribution in [0, 0.1) is 11.8 Å².